The molecular formula is C16H15F2N3O3S. The fourth-order valence-electron chi connectivity index (χ4n) is 2.75. The fourth-order valence-corrected chi connectivity index (χ4v) is 3.28. The van der Waals surface area contributed by atoms with Crippen LogP contribution in [0.3, 0.4) is 0 Å². The van der Waals surface area contributed by atoms with Crippen LogP contribution in [0.25, 0.3) is 0 Å². The van der Waals surface area contributed by atoms with Crippen LogP contribution in [-0.2, 0) is 4.79 Å². The van der Waals surface area contributed by atoms with Crippen molar-refractivity contribution in [3.05, 3.63) is 41.4 Å². The summed E-state index contributed by atoms with van der Waals surface area (Å²) in [5, 5.41) is 4.85. The highest BCUT2D eigenvalue weighted by molar-refractivity contribution is 7.13. The summed E-state index contributed by atoms with van der Waals surface area (Å²) in [5.74, 6) is -1.05. The number of amides is 2. The van der Waals surface area contributed by atoms with Gasteiger partial charge < -0.3 is 15.0 Å². The zero-order valence-corrected chi connectivity index (χ0v) is 13.8. The molecule has 0 aliphatic carbocycles. The molecule has 2 aromatic rings. The number of para-hydroxylation sites is 1. The Labute approximate surface area is 146 Å². The van der Waals surface area contributed by atoms with Crippen LogP contribution in [0.4, 0.5) is 13.9 Å². The predicted molar refractivity (Wildman–Crippen MR) is 87.9 cm³/mol. The first-order valence-corrected chi connectivity index (χ1v) is 8.49. The second-order valence-corrected chi connectivity index (χ2v) is 6.25. The lowest BCUT2D eigenvalue weighted by Crippen LogP contribution is -2.43. The molecule has 0 radical (unpaired) electrons. The molecule has 1 saturated heterocycles. The summed E-state index contributed by atoms with van der Waals surface area (Å²) in [7, 11) is 0. The van der Waals surface area contributed by atoms with Gasteiger partial charge in [0.05, 0.1) is 5.56 Å². The summed E-state index contributed by atoms with van der Waals surface area (Å²) in [5.41, 5.74) is 0.0109. The lowest BCUT2D eigenvalue weighted by atomic mass is 10.1. The first kappa shape index (κ1) is 17.3. The van der Waals surface area contributed by atoms with Crippen LogP contribution >= 0.6 is 11.3 Å². The van der Waals surface area contributed by atoms with Crippen LogP contribution in [0.2, 0.25) is 0 Å². The summed E-state index contributed by atoms with van der Waals surface area (Å²) >= 11 is 1.28. The van der Waals surface area contributed by atoms with Crippen molar-refractivity contribution in [3.63, 3.8) is 0 Å². The third kappa shape index (κ3) is 3.93. The summed E-state index contributed by atoms with van der Waals surface area (Å²) < 4.78 is 29.5. The molecule has 0 saturated carbocycles. The molecule has 1 unspecified atom stereocenters. The van der Waals surface area contributed by atoms with E-state index in [0.29, 0.717) is 24.5 Å². The lowest BCUT2D eigenvalue weighted by Gasteiger charge is -2.24. The Bertz CT molecular complexity index is 755. The number of hydrogen-bond donors (Lipinski definition) is 1. The molecule has 0 bridgehead atoms. The van der Waals surface area contributed by atoms with Gasteiger partial charge in [0.25, 0.3) is 5.91 Å². The van der Waals surface area contributed by atoms with E-state index < -0.39 is 18.6 Å². The Morgan fingerprint density at radius 3 is 2.88 bits per heavy atom. The van der Waals surface area contributed by atoms with E-state index in [1.165, 1.54) is 34.4 Å². The van der Waals surface area contributed by atoms with E-state index in [0.717, 1.165) is 0 Å². The maximum absolute atomic E-state index is 12.8. The number of anilines is 1. The van der Waals surface area contributed by atoms with Crippen molar-refractivity contribution in [2.24, 2.45) is 0 Å². The van der Waals surface area contributed by atoms with Crippen molar-refractivity contribution in [2.45, 2.75) is 25.5 Å². The molecule has 2 heterocycles. The third-order valence-electron chi connectivity index (χ3n) is 3.81. The predicted octanol–water partition coefficient (Wildman–Crippen LogP) is 2.99. The van der Waals surface area contributed by atoms with Gasteiger partial charge >= 0.3 is 6.61 Å². The van der Waals surface area contributed by atoms with Crippen LogP contribution in [-0.4, -0.2) is 40.9 Å². The molecule has 1 N–H and O–H groups in total. The van der Waals surface area contributed by atoms with Gasteiger partial charge in [-0.3, -0.25) is 9.59 Å². The Morgan fingerprint density at radius 2 is 2.16 bits per heavy atom. The van der Waals surface area contributed by atoms with Gasteiger partial charge in [-0.15, -0.1) is 11.3 Å². The molecule has 1 aromatic carbocycles. The number of nitrogens with one attached hydrogen (secondary N) is 1. The van der Waals surface area contributed by atoms with E-state index in [-0.39, 0.29) is 17.2 Å². The topological polar surface area (TPSA) is 71.5 Å². The number of carbonyl (C=O) groups excluding carboxylic acids is 2. The van der Waals surface area contributed by atoms with Gasteiger partial charge in [-0.05, 0) is 25.0 Å². The zero-order valence-electron chi connectivity index (χ0n) is 13.0. The molecule has 1 aliphatic heterocycles. The highest BCUT2D eigenvalue weighted by Gasteiger charge is 2.36. The molecule has 2 amide bonds. The van der Waals surface area contributed by atoms with E-state index >= 15 is 0 Å². The Kier molecular flexibility index (Phi) is 5.22. The maximum Gasteiger partial charge on any atom is 0.387 e. The number of likely N-dealkylation sites (tertiary alicyclic amines) is 1. The van der Waals surface area contributed by atoms with Gasteiger partial charge in [-0.25, -0.2) is 4.98 Å². The Balaban J connectivity index is 1.78. The van der Waals surface area contributed by atoms with E-state index in [4.69, 9.17) is 0 Å². The van der Waals surface area contributed by atoms with Crippen molar-refractivity contribution in [2.75, 3.05) is 11.9 Å². The average Bonchev–Trinajstić information content (AvgIpc) is 3.25. The molecule has 6 nitrogen and oxygen atoms in total. The standard InChI is InChI=1S/C16H15F2N3O3S/c17-15(18)24-12-6-2-1-4-10(12)14(23)21-8-3-5-11(21)13(22)20-16-19-7-9-25-16/h1-2,4,6-7,9,11,15H,3,5,8H2,(H,19,20,22). The number of alkyl halides is 2. The molecule has 1 fully saturated rings. The van der Waals surface area contributed by atoms with Crippen molar-refractivity contribution >= 4 is 28.3 Å². The van der Waals surface area contributed by atoms with E-state index in [2.05, 4.69) is 15.0 Å². The number of hydrogen-bond acceptors (Lipinski definition) is 5. The molecule has 1 aromatic heterocycles. The third-order valence-corrected chi connectivity index (χ3v) is 4.50. The summed E-state index contributed by atoms with van der Waals surface area (Å²) in [6.07, 6.45) is 2.72. The first-order valence-electron chi connectivity index (χ1n) is 7.61. The molecular weight excluding hydrogens is 352 g/mol. The smallest absolute Gasteiger partial charge is 0.387 e. The normalized spacial score (nSPS) is 16.9. The van der Waals surface area contributed by atoms with E-state index in [9.17, 15) is 18.4 Å². The molecule has 132 valence electrons. The van der Waals surface area contributed by atoms with Gasteiger partial charge in [0.2, 0.25) is 5.91 Å². The van der Waals surface area contributed by atoms with Gasteiger partial charge in [-0.2, -0.15) is 8.78 Å². The number of benzene rings is 1. The van der Waals surface area contributed by atoms with Crippen molar-refractivity contribution in [1.82, 2.24) is 9.88 Å². The van der Waals surface area contributed by atoms with Gasteiger partial charge in [0, 0.05) is 18.1 Å². The van der Waals surface area contributed by atoms with Crippen LogP contribution < -0.4 is 10.1 Å². The highest BCUT2D eigenvalue weighted by atomic mass is 32.1. The number of thiazole rings is 1. The second-order valence-electron chi connectivity index (χ2n) is 5.36. The molecule has 9 heteroatoms. The monoisotopic (exact) mass is 367 g/mol. The zero-order chi connectivity index (χ0) is 17.8. The minimum Gasteiger partial charge on any atom is -0.434 e. The first-order chi connectivity index (χ1) is 12.1. The number of carbonyl (C=O) groups is 2. The average molecular weight is 367 g/mol. The Hall–Kier alpha value is -2.55. The summed E-state index contributed by atoms with van der Waals surface area (Å²) in [6, 6.07) is 5.11. The second kappa shape index (κ2) is 7.56. The molecule has 1 aliphatic rings. The minimum absolute atomic E-state index is 0.0109. The molecule has 0 spiro atoms. The highest BCUT2D eigenvalue weighted by Crippen LogP contribution is 2.27. The molecule has 3 rings (SSSR count). The number of rotatable bonds is 5. The quantitative estimate of drug-likeness (QED) is 0.882. The van der Waals surface area contributed by atoms with Crippen LogP contribution in [0.5, 0.6) is 5.75 Å². The maximum atomic E-state index is 12.8. The molecule has 1 atom stereocenters. The van der Waals surface area contributed by atoms with Gasteiger partial charge in [0.1, 0.15) is 11.8 Å². The number of nitrogens with zero attached hydrogens (tertiary/aromatic N) is 2. The Morgan fingerprint density at radius 1 is 1.36 bits per heavy atom. The van der Waals surface area contributed by atoms with E-state index in [1.54, 1.807) is 17.6 Å². The number of aromatic nitrogens is 1. The molecule has 25 heavy (non-hydrogen) atoms. The van der Waals surface area contributed by atoms with Crippen molar-refractivity contribution < 1.29 is 23.1 Å². The lowest BCUT2D eigenvalue weighted by molar-refractivity contribution is -0.119. The largest absolute Gasteiger partial charge is 0.434 e. The van der Waals surface area contributed by atoms with Crippen LogP contribution in [0.15, 0.2) is 35.8 Å². The van der Waals surface area contributed by atoms with Gasteiger partial charge in [-0.1, -0.05) is 12.1 Å². The van der Waals surface area contributed by atoms with Gasteiger partial charge in [0.15, 0.2) is 5.13 Å². The van der Waals surface area contributed by atoms with E-state index in [1.807, 2.05) is 0 Å². The summed E-state index contributed by atoms with van der Waals surface area (Å²) in [4.78, 5) is 30.6. The van der Waals surface area contributed by atoms with Crippen LogP contribution in [0.1, 0.15) is 23.2 Å². The summed E-state index contributed by atoms with van der Waals surface area (Å²) in [6.45, 7) is -2.66. The van der Waals surface area contributed by atoms with Crippen molar-refractivity contribution in [3.8, 4) is 5.75 Å². The minimum atomic E-state index is -3.03. The van der Waals surface area contributed by atoms with Crippen LogP contribution in [0, 0.1) is 0 Å². The SMILES string of the molecule is O=C(Nc1nccs1)C1CCCN1C(=O)c1ccccc1OC(F)F. The fraction of sp³-hybridized carbons (Fsp3) is 0.312. The number of ether oxygens (including phenoxy) is 1. The van der Waals surface area contributed by atoms with Crippen molar-refractivity contribution in [1.29, 1.82) is 0 Å². The number of halogens is 2.